The van der Waals surface area contributed by atoms with Crippen LogP contribution in [0.2, 0.25) is 0 Å². The van der Waals surface area contributed by atoms with Crippen LogP contribution in [0, 0.1) is 11.7 Å². The molecule has 12 heteroatoms. The smallest absolute Gasteiger partial charge is 0.321 e. The van der Waals surface area contributed by atoms with E-state index in [1.807, 2.05) is 6.92 Å². The fourth-order valence-corrected chi connectivity index (χ4v) is 5.70. The molecular formula is C30H35FN4O6S. The lowest BCUT2D eigenvalue weighted by Crippen LogP contribution is -2.48. The summed E-state index contributed by atoms with van der Waals surface area (Å²) in [5, 5.41) is 12.6. The van der Waals surface area contributed by atoms with Crippen molar-refractivity contribution >= 4 is 33.3 Å². The van der Waals surface area contributed by atoms with Crippen LogP contribution in [0.3, 0.4) is 0 Å². The predicted molar refractivity (Wildman–Crippen MR) is 157 cm³/mol. The molecule has 3 atom stereocenters. The molecule has 3 aromatic carbocycles. The number of rotatable bonds is 8. The lowest BCUT2D eigenvalue weighted by molar-refractivity contribution is -0.134. The summed E-state index contributed by atoms with van der Waals surface area (Å²) in [5.41, 5.74) is 1.15. The molecule has 1 aliphatic rings. The predicted octanol–water partition coefficient (Wildman–Crippen LogP) is 3.94. The van der Waals surface area contributed by atoms with Crippen LogP contribution in [0.5, 0.6) is 5.75 Å². The van der Waals surface area contributed by atoms with Crippen molar-refractivity contribution < 1.29 is 32.2 Å². The average Bonchev–Trinajstić information content (AvgIpc) is 3.01. The number of anilines is 2. The molecule has 3 amide bonds. The molecule has 0 aliphatic carbocycles. The van der Waals surface area contributed by atoms with E-state index < -0.39 is 34.0 Å². The highest BCUT2D eigenvalue weighted by molar-refractivity contribution is 7.92. The van der Waals surface area contributed by atoms with Gasteiger partial charge in [0, 0.05) is 36.4 Å². The zero-order chi connectivity index (χ0) is 30.4. The van der Waals surface area contributed by atoms with Gasteiger partial charge < -0.3 is 25.0 Å². The molecule has 4 rings (SSSR count). The number of halogens is 1. The van der Waals surface area contributed by atoms with Gasteiger partial charge in [-0.2, -0.15) is 0 Å². The number of amides is 3. The SMILES string of the molecule is C[C@H](CO)N1C[C@H](C)[C@@H](CN(C)C(=O)Nc2ccc(F)cc2)Oc2ccc(NS(=O)(=O)c3ccccc3)cc2CC1=O. The number of ether oxygens (including phenoxy) is 1. The summed E-state index contributed by atoms with van der Waals surface area (Å²) in [5.74, 6) is -0.542. The van der Waals surface area contributed by atoms with Crippen molar-refractivity contribution in [3.63, 3.8) is 0 Å². The zero-order valence-corrected chi connectivity index (χ0v) is 24.5. The fourth-order valence-electron chi connectivity index (χ4n) is 4.63. The molecule has 0 saturated carbocycles. The van der Waals surface area contributed by atoms with Crippen molar-refractivity contribution in [1.29, 1.82) is 0 Å². The maximum absolute atomic E-state index is 13.4. The second kappa shape index (κ2) is 13.2. The van der Waals surface area contributed by atoms with Gasteiger partial charge >= 0.3 is 6.03 Å². The molecule has 0 unspecified atom stereocenters. The molecule has 0 radical (unpaired) electrons. The number of aliphatic hydroxyl groups is 1. The normalized spacial score (nSPS) is 18.0. The minimum atomic E-state index is -3.87. The Balaban J connectivity index is 1.61. The third-order valence-electron chi connectivity index (χ3n) is 7.12. The summed E-state index contributed by atoms with van der Waals surface area (Å²) in [4.78, 5) is 29.5. The van der Waals surface area contributed by atoms with Crippen LogP contribution in [0.25, 0.3) is 0 Å². The van der Waals surface area contributed by atoms with Crippen molar-refractivity contribution in [2.45, 2.75) is 37.3 Å². The third-order valence-corrected chi connectivity index (χ3v) is 8.52. The highest BCUT2D eigenvalue weighted by Gasteiger charge is 2.32. The number of hydrogen-bond acceptors (Lipinski definition) is 6. The number of benzene rings is 3. The summed E-state index contributed by atoms with van der Waals surface area (Å²) >= 11 is 0. The molecule has 0 spiro atoms. The summed E-state index contributed by atoms with van der Waals surface area (Å²) in [6.07, 6.45) is -0.653. The average molecular weight is 599 g/mol. The quantitative estimate of drug-likeness (QED) is 0.361. The van der Waals surface area contributed by atoms with Gasteiger partial charge in [-0.15, -0.1) is 0 Å². The molecule has 3 N–H and O–H groups in total. The van der Waals surface area contributed by atoms with Crippen LogP contribution in [0.15, 0.2) is 77.7 Å². The summed E-state index contributed by atoms with van der Waals surface area (Å²) in [6.45, 7) is 3.81. The van der Waals surface area contributed by atoms with Gasteiger partial charge in [0.15, 0.2) is 0 Å². The molecule has 10 nitrogen and oxygen atoms in total. The van der Waals surface area contributed by atoms with E-state index in [0.29, 0.717) is 17.0 Å². The molecule has 0 aromatic heterocycles. The monoisotopic (exact) mass is 598 g/mol. The van der Waals surface area contributed by atoms with Crippen LogP contribution in [-0.4, -0.2) is 74.2 Å². The van der Waals surface area contributed by atoms with Crippen LogP contribution in [0.1, 0.15) is 19.4 Å². The van der Waals surface area contributed by atoms with Crippen molar-refractivity contribution in [1.82, 2.24) is 9.80 Å². The van der Waals surface area contributed by atoms with E-state index >= 15 is 0 Å². The molecule has 0 fully saturated rings. The first kappa shape index (κ1) is 30.8. The standard InChI is InChI=1S/C30H35FN4O6S/c1-20-17-35(21(2)19-36)29(37)16-22-15-25(33-42(39,40)26-7-5-4-6-8-26)13-14-27(22)41-28(20)18-34(3)30(38)32-24-11-9-23(31)10-12-24/h4-15,20-21,28,33,36H,16-19H2,1-3H3,(H,32,38)/t20-,21+,28+/m0/s1. The number of urea groups is 1. The van der Waals surface area contributed by atoms with Crippen molar-refractivity contribution in [2.24, 2.45) is 5.92 Å². The Kier molecular flexibility index (Phi) is 9.69. The molecular weight excluding hydrogens is 563 g/mol. The largest absolute Gasteiger partial charge is 0.488 e. The molecule has 0 bridgehead atoms. The Hall–Kier alpha value is -4.16. The topological polar surface area (TPSA) is 128 Å². The van der Waals surface area contributed by atoms with Crippen LogP contribution < -0.4 is 14.8 Å². The Morgan fingerprint density at radius 2 is 1.79 bits per heavy atom. The number of carbonyl (C=O) groups is 2. The second-order valence-corrected chi connectivity index (χ2v) is 12.1. The zero-order valence-electron chi connectivity index (χ0n) is 23.7. The molecule has 0 saturated heterocycles. The lowest BCUT2D eigenvalue weighted by Gasteiger charge is -2.34. The molecule has 1 heterocycles. The van der Waals surface area contributed by atoms with E-state index in [-0.39, 0.29) is 48.5 Å². The van der Waals surface area contributed by atoms with Gasteiger partial charge in [-0.3, -0.25) is 9.52 Å². The summed E-state index contributed by atoms with van der Waals surface area (Å²) < 4.78 is 48.1. The summed E-state index contributed by atoms with van der Waals surface area (Å²) in [6, 6.07) is 17.2. The van der Waals surface area contributed by atoms with Gasteiger partial charge in [0.1, 0.15) is 17.7 Å². The number of hydrogen-bond donors (Lipinski definition) is 3. The highest BCUT2D eigenvalue weighted by atomic mass is 32.2. The van der Waals surface area contributed by atoms with Gasteiger partial charge in [-0.1, -0.05) is 25.1 Å². The maximum Gasteiger partial charge on any atom is 0.321 e. The molecule has 3 aromatic rings. The van der Waals surface area contributed by atoms with Gasteiger partial charge in [0.25, 0.3) is 10.0 Å². The number of likely N-dealkylation sites (N-methyl/N-ethyl adjacent to an activating group) is 1. The number of aliphatic hydroxyl groups excluding tert-OH is 1. The first-order chi connectivity index (χ1) is 20.0. The Morgan fingerprint density at radius 1 is 1.12 bits per heavy atom. The fraction of sp³-hybridized carbons (Fsp3) is 0.333. The van der Waals surface area contributed by atoms with Gasteiger partial charge in [-0.05, 0) is 61.5 Å². The first-order valence-corrected chi connectivity index (χ1v) is 15.0. The van der Waals surface area contributed by atoms with Crippen molar-refractivity contribution in [3.8, 4) is 5.75 Å². The summed E-state index contributed by atoms with van der Waals surface area (Å²) in [7, 11) is -2.27. The van der Waals surface area contributed by atoms with Crippen LogP contribution in [-0.2, 0) is 21.2 Å². The van der Waals surface area contributed by atoms with E-state index in [1.54, 1.807) is 55.3 Å². The number of fused-ring (bicyclic) bond motifs is 1. The van der Waals surface area contributed by atoms with Crippen LogP contribution >= 0.6 is 0 Å². The van der Waals surface area contributed by atoms with Gasteiger partial charge in [0.05, 0.1) is 30.5 Å². The minimum absolute atomic E-state index is 0.0824. The molecule has 1 aliphatic heterocycles. The maximum atomic E-state index is 13.4. The van der Waals surface area contributed by atoms with Crippen molar-refractivity contribution in [2.75, 3.05) is 36.8 Å². The second-order valence-electron chi connectivity index (χ2n) is 10.4. The van der Waals surface area contributed by atoms with Gasteiger partial charge in [0.2, 0.25) is 5.91 Å². The first-order valence-electron chi connectivity index (χ1n) is 13.5. The minimum Gasteiger partial charge on any atom is -0.488 e. The van der Waals surface area contributed by atoms with E-state index in [0.717, 1.165) is 0 Å². The number of carbonyl (C=O) groups excluding carboxylic acids is 2. The van der Waals surface area contributed by atoms with Crippen LogP contribution in [0.4, 0.5) is 20.6 Å². The number of sulfonamides is 1. The van der Waals surface area contributed by atoms with Crippen molar-refractivity contribution in [3.05, 3.63) is 84.2 Å². The Labute approximate surface area is 245 Å². The van der Waals surface area contributed by atoms with Gasteiger partial charge in [-0.25, -0.2) is 17.6 Å². The Bertz CT molecular complexity index is 1500. The van der Waals surface area contributed by atoms with E-state index in [2.05, 4.69) is 10.0 Å². The third kappa shape index (κ3) is 7.56. The lowest BCUT2D eigenvalue weighted by atomic mass is 10.0. The van der Waals surface area contributed by atoms with E-state index in [9.17, 15) is 27.5 Å². The number of nitrogens with zero attached hydrogens (tertiary/aromatic N) is 2. The van der Waals surface area contributed by atoms with E-state index in [1.165, 1.54) is 41.3 Å². The molecule has 224 valence electrons. The highest BCUT2D eigenvalue weighted by Crippen LogP contribution is 2.30. The van der Waals surface area contributed by atoms with E-state index in [4.69, 9.17) is 4.74 Å². The number of nitrogens with one attached hydrogen (secondary N) is 2. The Morgan fingerprint density at radius 3 is 2.45 bits per heavy atom. The molecule has 42 heavy (non-hydrogen) atoms.